The summed E-state index contributed by atoms with van der Waals surface area (Å²) >= 11 is 0. The van der Waals surface area contributed by atoms with Gasteiger partial charge in [0, 0.05) is 6.54 Å². The summed E-state index contributed by atoms with van der Waals surface area (Å²) in [7, 11) is 5.34. The minimum absolute atomic E-state index is 0.0494. The van der Waals surface area contributed by atoms with Crippen LogP contribution < -0.4 is 0 Å². The molecule has 2 heterocycles. The Kier molecular flexibility index (Phi) is 6.38. The third-order valence-electron chi connectivity index (χ3n) is 6.86. The number of hydrogen-bond acceptors (Lipinski definition) is 6. The zero-order valence-corrected chi connectivity index (χ0v) is 19.3. The molecule has 0 N–H and O–H groups in total. The molecule has 1 aliphatic carbocycles. The van der Waals surface area contributed by atoms with Crippen molar-refractivity contribution in [1.82, 2.24) is 9.80 Å². The van der Waals surface area contributed by atoms with Gasteiger partial charge in [0.15, 0.2) is 11.5 Å². The summed E-state index contributed by atoms with van der Waals surface area (Å²) in [5.41, 5.74) is 1.72. The van der Waals surface area contributed by atoms with Gasteiger partial charge in [0.05, 0.1) is 30.2 Å². The number of ketones is 1. The fourth-order valence-corrected chi connectivity index (χ4v) is 5.18. The van der Waals surface area contributed by atoms with Gasteiger partial charge in [-0.15, -0.1) is 0 Å². The lowest BCUT2D eigenvalue weighted by Crippen LogP contribution is -2.41. The largest absolute Gasteiger partial charge is 0.483 e. The van der Waals surface area contributed by atoms with Gasteiger partial charge >= 0.3 is 5.97 Å². The van der Waals surface area contributed by atoms with Crippen LogP contribution in [0.2, 0.25) is 0 Å². The number of fused-ring (bicyclic) bond motifs is 1. The highest BCUT2D eigenvalue weighted by Crippen LogP contribution is 2.47. The molecular formula is C25H32N2O5. The van der Waals surface area contributed by atoms with E-state index in [0.717, 1.165) is 37.8 Å². The zero-order chi connectivity index (χ0) is 23.0. The fourth-order valence-electron chi connectivity index (χ4n) is 5.18. The molecule has 3 aliphatic rings. The van der Waals surface area contributed by atoms with E-state index in [9.17, 15) is 14.4 Å². The van der Waals surface area contributed by atoms with Crippen LogP contribution in [0.25, 0.3) is 0 Å². The summed E-state index contributed by atoms with van der Waals surface area (Å²) in [5.74, 6) is -0.0592. The SMILES string of the molecule is COC(=O)c1ccc(C2C3=C(OC4CCC(C)CC4C3=O)C(=O)N2CCCN(C)C)cc1. The average Bonchev–Trinajstić information content (AvgIpc) is 3.06. The number of benzene rings is 1. The van der Waals surface area contributed by atoms with Crippen LogP contribution in [-0.2, 0) is 19.1 Å². The van der Waals surface area contributed by atoms with Gasteiger partial charge in [0.2, 0.25) is 0 Å². The van der Waals surface area contributed by atoms with Gasteiger partial charge in [-0.1, -0.05) is 19.1 Å². The molecule has 0 aromatic heterocycles. The van der Waals surface area contributed by atoms with Crippen molar-refractivity contribution in [3.05, 3.63) is 46.7 Å². The Morgan fingerprint density at radius 3 is 2.56 bits per heavy atom. The molecule has 0 radical (unpaired) electrons. The number of ether oxygens (including phenoxy) is 2. The molecule has 0 spiro atoms. The van der Waals surface area contributed by atoms with E-state index in [1.807, 2.05) is 26.2 Å². The van der Waals surface area contributed by atoms with Gasteiger partial charge in [-0.3, -0.25) is 9.59 Å². The first-order valence-electron chi connectivity index (χ1n) is 11.4. The van der Waals surface area contributed by atoms with E-state index in [1.165, 1.54) is 7.11 Å². The highest BCUT2D eigenvalue weighted by Gasteiger charge is 2.52. The van der Waals surface area contributed by atoms with E-state index in [-0.39, 0.29) is 29.5 Å². The highest BCUT2D eigenvalue weighted by molar-refractivity contribution is 6.11. The second-order valence-corrected chi connectivity index (χ2v) is 9.46. The number of rotatable bonds is 6. The van der Waals surface area contributed by atoms with Crippen molar-refractivity contribution >= 4 is 17.7 Å². The van der Waals surface area contributed by atoms with Crippen molar-refractivity contribution in [2.24, 2.45) is 11.8 Å². The molecule has 7 nitrogen and oxygen atoms in total. The maximum atomic E-state index is 13.7. The molecule has 1 saturated carbocycles. The van der Waals surface area contributed by atoms with Crippen LogP contribution in [0.15, 0.2) is 35.6 Å². The molecule has 0 bridgehead atoms. The fraction of sp³-hybridized carbons (Fsp3) is 0.560. The smallest absolute Gasteiger partial charge is 0.337 e. The summed E-state index contributed by atoms with van der Waals surface area (Å²) in [5, 5.41) is 0. The Morgan fingerprint density at radius 2 is 1.91 bits per heavy atom. The van der Waals surface area contributed by atoms with Crippen LogP contribution >= 0.6 is 0 Å². The minimum atomic E-state index is -0.489. The number of amides is 1. The van der Waals surface area contributed by atoms with Crippen molar-refractivity contribution in [2.45, 2.75) is 44.8 Å². The summed E-state index contributed by atoms with van der Waals surface area (Å²) in [4.78, 5) is 42.8. The van der Waals surface area contributed by atoms with E-state index >= 15 is 0 Å². The van der Waals surface area contributed by atoms with Crippen molar-refractivity contribution in [3.8, 4) is 0 Å². The van der Waals surface area contributed by atoms with Gasteiger partial charge in [-0.2, -0.15) is 0 Å². The molecule has 1 aromatic rings. The second kappa shape index (κ2) is 9.06. The molecule has 1 aromatic carbocycles. The Hall–Kier alpha value is -2.67. The first-order valence-corrected chi connectivity index (χ1v) is 11.4. The quantitative estimate of drug-likeness (QED) is 0.633. The van der Waals surface area contributed by atoms with Crippen LogP contribution in [0.3, 0.4) is 0 Å². The predicted molar refractivity (Wildman–Crippen MR) is 119 cm³/mol. The van der Waals surface area contributed by atoms with E-state index in [2.05, 4.69) is 11.8 Å². The van der Waals surface area contributed by atoms with E-state index < -0.39 is 12.0 Å². The van der Waals surface area contributed by atoms with Gasteiger partial charge < -0.3 is 19.3 Å². The number of methoxy groups -OCH3 is 1. The van der Waals surface area contributed by atoms with E-state index in [4.69, 9.17) is 9.47 Å². The van der Waals surface area contributed by atoms with E-state index in [1.54, 1.807) is 17.0 Å². The Labute approximate surface area is 189 Å². The molecule has 2 aliphatic heterocycles. The van der Waals surface area contributed by atoms with Crippen LogP contribution in [0.1, 0.15) is 54.6 Å². The van der Waals surface area contributed by atoms with Crippen molar-refractivity contribution in [3.63, 3.8) is 0 Å². The summed E-state index contributed by atoms with van der Waals surface area (Å²) in [6.07, 6.45) is 3.19. The lowest BCUT2D eigenvalue weighted by Gasteiger charge is -2.37. The average molecular weight is 441 g/mol. The van der Waals surface area contributed by atoms with Crippen molar-refractivity contribution < 1.29 is 23.9 Å². The van der Waals surface area contributed by atoms with Crippen LogP contribution in [-0.4, -0.2) is 67.9 Å². The van der Waals surface area contributed by atoms with Crippen molar-refractivity contribution in [1.29, 1.82) is 0 Å². The van der Waals surface area contributed by atoms with E-state index in [0.29, 0.717) is 23.6 Å². The zero-order valence-electron chi connectivity index (χ0n) is 19.3. The van der Waals surface area contributed by atoms with Gasteiger partial charge in [0.25, 0.3) is 5.91 Å². The number of carbonyl (C=O) groups is 3. The minimum Gasteiger partial charge on any atom is -0.483 e. The number of carbonyl (C=O) groups excluding carboxylic acids is 3. The lowest BCUT2D eigenvalue weighted by molar-refractivity contribution is -0.136. The first kappa shape index (κ1) is 22.5. The molecular weight excluding hydrogens is 408 g/mol. The number of esters is 1. The molecule has 1 amide bonds. The molecule has 1 fully saturated rings. The summed E-state index contributed by atoms with van der Waals surface area (Å²) in [6.45, 7) is 3.53. The summed E-state index contributed by atoms with van der Waals surface area (Å²) < 4.78 is 11.0. The Morgan fingerprint density at radius 1 is 1.19 bits per heavy atom. The van der Waals surface area contributed by atoms with Gasteiger partial charge in [0.1, 0.15) is 6.10 Å². The summed E-state index contributed by atoms with van der Waals surface area (Å²) in [6, 6.07) is 6.49. The number of nitrogens with zero attached hydrogens (tertiary/aromatic N) is 2. The van der Waals surface area contributed by atoms with Gasteiger partial charge in [-0.25, -0.2) is 4.79 Å². The third kappa shape index (κ3) is 4.06. The monoisotopic (exact) mass is 440 g/mol. The van der Waals surface area contributed by atoms with Gasteiger partial charge in [-0.05, 0) is 69.9 Å². The third-order valence-corrected chi connectivity index (χ3v) is 6.86. The topological polar surface area (TPSA) is 76.1 Å². The standard InChI is InChI=1S/C25H32N2O5/c1-15-6-11-19-18(14-15)22(28)20-21(16-7-9-17(10-8-16)25(30)31-4)27(13-5-12-26(2)3)24(29)23(20)32-19/h7-10,15,18-19,21H,5-6,11-14H2,1-4H3. The normalized spacial score (nSPS) is 27.3. The van der Waals surface area contributed by atoms with Crippen LogP contribution in [0, 0.1) is 11.8 Å². The molecule has 7 heteroatoms. The Bertz CT molecular complexity index is 936. The Balaban J connectivity index is 1.70. The number of Topliss-reactive ketones (excluding diaryl/α,β-unsaturated/α-hetero) is 1. The maximum absolute atomic E-state index is 13.7. The number of hydrogen-bond donors (Lipinski definition) is 0. The second-order valence-electron chi connectivity index (χ2n) is 9.46. The highest BCUT2D eigenvalue weighted by atomic mass is 16.5. The van der Waals surface area contributed by atoms with Crippen molar-refractivity contribution in [2.75, 3.05) is 34.3 Å². The van der Waals surface area contributed by atoms with Crippen LogP contribution in [0.4, 0.5) is 0 Å². The molecule has 0 saturated heterocycles. The predicted octanol–water partition coefficient (Wildman–Crippen LogP) is 2.97. The van der Waals surface area contributed by atoms with Crippen LogP contribution in [0.5, 0.6) is 0 Å². The molecule has 4 atom stereocenters. The molecule has 4 unspecified atom stereocenters. The first-order chi connectivity index (χ1) is 15.3. The molecule has 4 rings (SSSR count). The lowest BCUT2D eigenvalue weighted by atomic mass is 9.74. The molecule has 32 heavy (non-hydrogen) atoms. The maximum Gasteiger partial charge on any atom is 0.337 e. The molecule has 172 valence electrons.